The summed E-state index contributed by atoms with van der Waals surface area (Å²) in [7, 11) is 0. The summed E-state index contributed by atoms with van der Waals surface area (Å²) in [6.45, 7) is 10.8. The van der Waals surface area contributed by atoms with Gasteiger partial charge < -0.3 is 0 Å². The fourth-order valence-electron chi connectivity index (χ4n) is 3.18. The predicted octanol–water partition coefficient (Wildman–Crippen LogP) is 2.47. The molecule has 0 aromatic heterocycles. The van der Waals surface area contributed by atoms with E-state index >= 15 is 0 Å². The quantitative estimate of drug-likeness (QED) is 0.648. The maximum absolute atomic E-state index is 4.87. The molecule has 0 saturated carbocycles. The van der Waals surface area contributed by atoms with Crippen LogP contribution in [0.1, 0.15) is 46.5 Å². The Balaban J connectivity index is 2.01. The van der Waals surface area contributed by atoms with Gasteiger partial charge in [0, 0.05) is 13.1 Å². The first-order chi connectivity index (χ1) is 7.09. The molecule has 0 spiro atoms. The number of likely N-dealkylation sites (tertiary alicyclic amines) is 1. The highest BCUT2D eigenvalue weighted by Gasteiger charge is 2.38. The Morgan fingerprint density at radius 1 is 1.27 bits per heavy atom. The molecule has 2 rings (SSSR count). The van der Waals surface area contributed by atoms with Crippen molar-refractivity contribution in [2.45, 2.75) is 52.6 Å². The van der Waals surface area contributed by atoms with Crippen LogP contribution in [0.15, 0.2) is 0 Å². The Hall–Kier alpha value is -0.0800. The van der Waals surface area contributed by atoms with E-state index < -0.39 is 0 Å². The van der Waals surface area contributed by atoms with E-state index in [1.807, 2.05) is 0 Å². The molecule has 0 amide bonds. The topological polar surface area (TPSA) is 17.3 Å². The minimum Gasteiger partial charge on any atom is -0.286 e. The van der Waals surface area contributed by atoms with Gasteiger partial charge in [-0.1, -0.05) is 20.8 Å². The van der Waals surface area contributed by atoms with Gasteiger partial charge in [-0.15, -0.1) is 0 Å². The van der Waals surface area contributed by atoms with Crippen LogP contribution in [0.25, 0.3) is 0 Å². The second-order valence-electron chi connectivity index (χ2n) is 6.11. The molecule has 15 heavy (non-hydrogen) atoms. The van der Waals surface area contributed by atoms with Gasteiger partial charge in [0.25, 0.3) is 0 Å². The molecular weight excluding hydrogens is 184 g/mol. The van der Waals surface area contributed by atoms with Gasteiger partial charge in [-0.2, -0.15) is 0 Å². The van der Waals surface area contributed by atoms with Crippen molar-refractivity contribution in [3.8, 4) is 0 Å². The van der Waals surface area contributed by atoms with E-state index in [4.69, 9.17) is 5.32 Å². The number of nitrogens with zero attached hydrogens (tertiary/aromatic N) is 2. The van der Waals surface area contributed by atoms with E-state index in [2.05, 4.69) is 25.7 Å². The van der Waals surface area contributed by atoms with E-state index in [1.54, 1.807) is 0 Å². The summed E-state index contributed by atoms with van der Waals surface area (Å²) >= 11 is 0. The Bertz CT molecular complexity index is 213. The Morgan fingerprint density at radius 3 is 2.73 bits per heavy atom. The smallest absolute Gasteiger partial charge is 0.0812 e. The van der Waals surface area contributed by atoms with E-state index in [0.29, 0.717) is 11.6 Å². The van der Waals surface area contributed by atoms with Crippen molar-refractivity contribution in [3.05, 3.63) is 0 Å². The molecule has 2 unspecified atom stereocenters. The Morgan fingerprint density at radius 2 is 2.07 bits per heavy atom. The minimum absolute atomic E-state index is 0.398. The third-order valence-electron chi connectivity index (χ3n) is 4.01. The molecule has 1 radical (unpaired) electrons. The van der Waals surface area contributed by atoms with Crippen LogP contribution in [-0.2, 0) is 0 Å². The van der Waals surface area contributed by atoms with Gasteiger partial charge in [-0.05, 0) is 43.6 Å². The van der Waals surface area contributed by atoms with E-state index in [0.717, 1.165) is 12.5 Å². The van der Waals surface area contributed by atoms with Gasteiger partial charge in [0.05, 0.1) is 6.17 Å². The van der Waals surface area contributed by atoms with E-state index in [1.165, 1.54) is 38.8 Å². The third-order valence-corrected chi connectivity index (χ3v) is 4.01. The summed E-state index contributed by atoms with van der Waals surface area (Å²) in [4.78, 5) is 2.63. The van der Waals surface area contributed by atoms with Crippen LogP contribution in [0.2, 0.25) is 0 Å². The zero-order valence-electron chi connectivity index (χ0n) is 10.5. The van der Waals surface area contributed by atoms with Crippen LogP contribution in [0.3, 0.4) is 0 Å². The van der Waals surface area contributed by atoms with Crippen molar-refractivity contribution in [3.63, 3.8) is 0 Å². The molecule has 87 valence electrons. The highest BCUT2D eigenvalue weighted by atomic mass is 15.3. The Labute approximate surface area is 94.4 Å². The molecular formula is C13H25N2. The van der Waals surface area contributed by atoms with Gasteiger partial charge in [-0.25, -0.2) is 5.32 Å². The second-order valence-corrected chi connectivity index (χ2v) is 6.11. The second kappa shape index (κ2) is 4.42. The van der Waals surface area contributed by atoms with Crippen LogP contribution in [-0.4, -0.2) is 30.7 Å². The lowest BCUT2D eigenvalue weighted by Crippen LogP contribution is -2.56. The van der Waals surface area contributed by atoms with Crippen molar-refractivity contribution >= 4 is 0 Å². The number of piperidine rings is 2. The van der Waals surface area contributed by atoms with E-state index in [9.17, 15) is 0 Å². The number of hydrogen-bond acceptors (Lipinski definition) is 1. The fourth-order valence-corrected chi connectivity index (χ4v) is 3.18. The van der Waals surface area contributed by atoms with Gasteiger partial charge in [0.15, 0.2) is 0 Å². The first kappa shape index (κ1) is 11.4. The highest BCUT2D eigenvalue weighted by molar-refractivity contribution is 4.89. The minimum atomic E-state index is 0.398. The lowest BCUT2D eigenvalue weighted by atomic mass is 9.80. The highest BCUT2D eigenvalue weighted by Crippen LogP contribution is 2.34. The van der Waals surface area contributed by atoms with Crippen LogP contribution in [0.5, 0.6) is 0 Å². The number of rotatable bonds is 1. The monoisotopic (exact) mass is 209 g/mol. The Kier molecular flexibility index (Phi) is 3.36. The summed E-state index contributed by atoms with van der Waals surface area (Å²) < 4.78 is 0. The third kappa shape index (κ3) is 2.54. The molecule has 0 aliphatic carbocycles. The molecule has 0 N–H and O–H groups in total. The molecule has 2 saturated heterocycles. The lowest BCUT2D eigenvalue weighted by molar-refractivity contribution is 0.00533. The molecule has 2 nitrogen and oxygen atoms in total. The summed E-state index contributed by atoms with van der Waals surface area (Å²) in [6.07, 6.45) is 5.89. The van der Waals surface area contributed by atoms with Crippen molar-refractivity contribution < 1.29 is 0 Å². The van der Waals surface area contributed by atoms with Crippen LogP contribution in [0, 0.1) is 11.3 Å². The van der Waals surface area contributed by atoms with Crippen molar-refractivity contribution in [2.75, 3.05) is 19.6 Å². The SMILES string of the molecule is CC1CCCN(C2[N]CCCC2(C)C)C1. The van der Waals surface area contributed by atoms with Crippen molar-refractivity contribution in [1.29, 1.82) is 0 Å². The summed E-state index contributed by atoms with van der Waals surface area (Å²) in [5.74, 6) is 0.867. The maximum Gasteiger partial charge on any atom is 0.0812 e. The largest absolute Gasteiger partial charge is 0.286 e. The van der Waals surface area contributed by atoms with Gasteiger partial charge >= 0.3 is 0 Å². The molecule has 2 atom stereocenters. The predicted molar refractivity (Wildman–Crippen MR) is 63.8 cm³/mol. The molecule has 0 bridgehead atoms. The standard InChI is InChI=1S/C13H25N2/c1-11-6-4-9-15(10-11)12-13(2,3)7-5-8-14-12/h11-12H,4-10H2,1-3H3. The van der Waals surface area contributed by atoms with Crippen LogP contribution >= 0.6 is 0 Å². The normalized spacial score (nSPS) is 37.8. The summed E-state index contributed by atoms with van der Waals surface area (Å²) in [5.41, 5.74) is 0.398. The molecule has 2 aliphatic rings. The zero-order valence-corrected chi connectivity index (χ0v) is 10.5. The molecule has 2 heteroatoms. The lowest BCUT2D eigenvalue weighted by Gasteiger charge is -2.47. The summed E-state index contributed by atoms with van der Waals surface area (Å²) in [6, 6.07) is 0. The number of hydrogen-bond donors (Lipinski definition) is 0. The van der Waals surface area contributed by atoms with Crippen molar-refractivity contribution in [1.82, 2.24) is 10.2 Å². The van der Waals surface area contributed by atoms with Crippen LogP contribution in [0.4, 0.5) is 0 Å². The van der Waals surface area contributed by atoms with Crippen LogP contribution < -0.4 is 5.32 Å². The molecule has 0 aromatic carbocycles. The van der Waals surface area contributed by atoms with E-state index in [-0.39, 0.29) is 0 Å². The first-order valence-corrected chi connectivity index (χ1v) is 6.50. The zero-order chi connectivity index (χ0) is 10.9. The molecule has 2 aliphatic heterocycles. The van der Waals surface area contributed by atoms with Gasteiger partial charge in [0.2, 0.25) is 0 Å². The fraction of sp³-hybridized carbons (Fsp3) is 1.00. The van der Waals surface area contributed by atoms with Gasteiger partial charge in [-0.3, -0.25) is 4.90 Å². The summed E-state index contributed by atoms with van der Waals surface area (Å²) in [5, 5.41) is 4.87. The maximum atomic E-state index is 4.87. The average molecular weight is 209 g/mol. The first-order valence-electron chi connectivity index (χ1n) is 6.50. The van der Waals surface area contributed by atoms with Crippen molar-refractivity contribution in [2.24, 2.45) is 11.3 Å². The molecule has 2 fully saturated rings. The molecule has 2 heterocycles. The average Bonchev–Trinajstić information content (AvgIpc) is 2.17. The molecule has 0 aromatic rings. The van der Waals surface area contributed by atoms with Gasteiger partial charge in [0.1, 0.15) is 0 Å².